The largest absolute Gasteiger partial charge is 0.468 e. The number of fused-ring (bicyclic) bond motifs is 1. The van der Waals surface area contributed by atoms with E-state index < -0.39 is 0 Å². The topological polar surface area (TPSA) is 26.0 Å². The van der Waals surface area contributed by atoms with Gasteiger partial charge in [-0.2, -0.15) is 0 Å². The van der Waals surface area contributed by atoms with Crippen LogP contribution in [-0.2, 0) is 11.5 Å². The van der Waals surface area contributed by atoms with Crippen molar-refractivity contribution in [3.8, 4) is 0 Å². The van der Waals surface area contributed by atoms with Crippen molar-refractivity contribution in [2.45, 2.75) is 11.5 Å². The third-order valence-corrected chi connectivity index (χ3v) is 7.37. The van der Waals surface area contributed by atoms with Gasteiger partial charge in [0, 0.05) is 5.75 Å². The number of benzene rings is 1. The van der Waals surface area contributed by atoms with Crippen molar-refractivity contribution < 1.29 is 4.42 Å². The van der Waals surface area contributed by atoms with Gasteiger partial charge in [0.1, 0.15) is 5.76 Å². The van der Waals surface area contributed by atoms with Crippen LogP contribution in [0.3, 0.4) is 0 Å². The Labute approximate surface area is 127 Å². The van der Waals surface area contributed by atoms with Gasteiger partial charge >= 0.3 is 0 Å². The van der Waals surface area contributed by atoms with E-state index in [0.717, 1.165) is 22.8 Å². The molecule has 0 fully saturated rings. The minimum Gasteiger partial charge on any atom is -0.468 e. The zero-order chi connectivity index (χ0) is 12.9. The SMILES string of the molecule is c1coc(CSSSCc2ccc3scnc3c2)c1. The molecule has 0 N–H and O–H groups in total. The summed E-state index contributed by atoms with van der Waals surface area (Å²) < 4.78 is 6.55. The van der Waals surface area contributed by atoms with Crippen molar-refractivity contribution in [2.75, 3.05) is 0 Å². The smallest absolute Gasteiger partial charge is 0.114 e. The Balaban J connectivity index is 1.44. The molecule has 0 radical (unpaired) electrons. The van der Waals surface area contributed by atoms with Gasteiger partial charge in [0.05, 0.1) is 27.7 Å². The summed E-state index contributed by atoms with van der Waals surface area (Å²) in [7, 11) is 5.47. The summed E-state index contributed by atoms with van der Waals surface area (Å²) in [6, 6.07) is 10.5. The number of furan rings is 1. The maximum absolute atomic E-state index is 5.29. The second-order valence-corrected chi connectivity index (χ2v) is 8.94. The van der Waals surface area contributed by atoms with E-state index in [2.05, 4.69) is 23.2 Å². The summed E-state index contributed by atoms with van der Waals surface area (Å²) in [5, 5.41) is 0. The van der Waals surface area contributed by atoms with E-state index in [-0.39, 0.29) is 0 Å². The van der Waals surface area contributed by atoms with Crippen LogP contribution in [0, 0.1) is 0 Å². The predicted molar refractivity (Wildman–Crippen MR) is 88.5 cm³/mol. The molecule has 0 saturated heterocycles. The maximum atomic E-state index is 5.29. The molecule has 1 aromatic carbocycles. The summed E-state index contributed by atoms with van der Waals surface area (Å²) in [6.45, 7) is 0. The summed E-state index contributed by atoms with van der Waals surface area (Å²) in [6.07, 6.45) is 1.72. The minimum absolute atomic E-state index is 0.912. The van der Waals surface area contributed by atoms with Crippen molar-refractivity contribution in [3.05, 3.63) is 53.4 Å². The molecule has 0 unspecified atom stereocenters. The molecule has 0 aliphatic rings. The Morgan fingerprint density at radius 1 is 1.16 bits per heavy atom. The normalized spacial score (nSPS) is 11.2. The molecule has 0 atom stereocenters. The fraction of sp³-hybridized carbons (Fsp3) is 0.154. The first-order chi connectivity index (χ1) is 9.42. The van der Waals surface area contributed by atoms with Crippen LogP contribution in [-0.4, -0.2) is 4.98 Å². The third kappa shape index (κ3) is 3.72. The first-order valence-corrected chi connectivity index (χ1v) is 10.4. The Bertz CT molecular complexity index is 635. The Morgan fingerprint density at radius 3 is 3.00 bits per heavy atom. The van der Waals surface area contributed by atoms with E-state index in [4.69, 9.17) is 4.42 Å². The van der Waals surface area contributed by atoms with Gasteiger partial charge in [0.25, 0.3) is 0 Å². The number of thiazole rings is 1. The molecule has 2 heterocycles. The van der Waals surface area contributed by atoms with Gasteiger partial charge in [-0.25, -0.2) is 4.98 Å². The van der Waals surface area contributed by atoms with Crippen LogP contribution < -0.4 is 0 Å². The molecule has 3 rings (SSSR count). The minimum atomic E-state index is 0.912. The summed E-state index contributed by atoms with van der Waals surface area (Å²) >= 11 is 1.69. The van der Waals surface area contributed by atoms with Crippen LogP contribution in [0.2, 0.25) is 0 Å². The second kappa shape index (κ2) is 6.74. The lowest BCUT2D eigenvalue weighted by Gasteiger charge is -2.00. The molecule has 0 aliphatic heterocycles. The van der Waals surface area contributed by atoms with Gasteiger partial charge in [0.2, 0.25) is 0 Å². The van der Waals surface area contributed by atoms with E-state index in [1.807, 2.05) is 49.1 Å². The number of hydrogen-bond acceptors (Lipinski definition) is 6. The standard InChI is InChI=1S/C13H11NOS4/c1-2-11(15-5-1)8-18-19-17-7-10-3-4-13-12(6-10)14-9-16-13/h1-6,9H,7-8H2. The highest BCUT2D eigenvalue weighted by atomic mass is 33.5. The lowest BCUT2D eigenvalue weighted by Crippen LogP contribution is -1.78. The van der Waals surface area contributed by atoms with E-state index >= 15 is 0 Å². The van der Waals surface area contributed by atoms with Crippen LogP contribution in [0.5, 0.6) is 0 Å². The molecular weight excluding hydrogens is 314 g/mol. The van der Waals surface area contributed by atoms with Crippen molar-refractivity contribution in [1.29, 1.82) is 0 Å². The highest BCUT2D eigenvalue weighted by Gasteiger charge is 2.01. The molecule has 6 heteroatoms. The zero-order valence-electron chi connectivity index (χ0n) is 9.94. The Kier molecular flexibility index (Phi) is 4.76. The van der Waals surface area contributed by atoms with E-state index in [1.54, 1.807) is 17.6 Å². The average molecular weight is 326 g/mol. The monoisotopic (exact) mass is 325 g/mol. The number of rotatable bonds is 6. The van der Waals surface area contributed by atoms with Crippen LogP contribution in [0.1, 0.15) is 11.3 Å². The zero-order valence-corrected chi connectivity index (χ0v) is 13.2. The molecule has 2 nitrogen and oxygen atoms in total. The van der Waals surface area contributed by atoms with Crippen molar-refractivity contribution in [1.82, 2.24) is 4.98 Å². The van der Waals surface area contributed by atoms with Crippen LogP contribution in [0.15, 0.2) is 46.5 Å². The molecule has 0 saturated carbocycles. The van der Waals surface area contributed by atoms with Gasteiger partial charge in [-0.05, 0) is 39.7 Å². The average Bonchev–Trinajstić information content (AvgIpc) is 3.08. The van der Waals surface area contributed by atoms with E-state index in [9.17, 15) is 0 Å². The van der Waals surface area contributed by atoms with Gasteiger partial charge in [-0.3, -0.25) is 0 Å². The highest BCUT2D eigenvalue weighted by molar-refractivity contribution is 9.09. The van der Waals surface area contributed by atoms with Crippen molar-refractivity contribution >= 4 is 53.0 Å². The van der Waals surface area contributed by atoms with E-state index in [1.165, 1.54) is 10.3 Å². The van der Waals surface area contributed by atoms with Gasteiger partial charge in [-0.1, -0.05) is 27.7 Å². The van der Waals surface area contributed by atoms with Gasteiger partial charge < -0.3 is 4.42 Å². The van der Waals surface area contributed by atoms with Crippen LogP contribution in [0.25, 0.3) is 10.2 Å². The third-order valence-electron chi connectivity index (χ3n) is 2.50. The summed E-state index contributed by atoms with van der Waals surface area (Å²) in [5.41, 5.74) is 4.33. The molecular formula is C13H11NOS4. The number of aromatic nitrogens is 1. The fourth-order valence-corrected chi connectivity index (χ4v) is 5.74. The van der Waals surface area contributed by atoms with Gasteiger partial charge in [-0.15, -0.1) is 11.3 Å². The van der Waals surface area contributed by atoms with Gasteiger partial charge in [0.15, 0.2) is 0 Å². The first kappa shape index (κ1) is 13.4. The second-order valence-electron chi connectivity index (χ2n) is 3.83. The molecule has 0 amide bonds. The van der Waals surface area contributed by atoms with Crippen molar-refractivity contribution in [3.63, 3.8) is 0 Å². The highest BCUT2D eigenvalue weighted by Crippen LogP contribution is 2.39. The molecule has 3 aromatic rings. The van der Waals surface area contributed by atoms with Crippen molar-refractivity contribution in [2.24, 2.45) is 0 Å². The lowest BCUT2D eigenvalue weighted by atomic mass is 10.2. The lowest BCUT2D eigenvalue weighted by molar-refractivity contribution is 0.530. The fourth-order valence-electron chi connectivity index (χ4n) is 1.60. The molecule has 0 bridgehead atoms. The quantitative estimate of drug-likeness (QED) is 0.433. The summed E-state index contributed by atoms with van der Waals surface area (Å²) in [4.78, 5) is 4.34. The molecule has 98 valence electrons. The first-order valence-electron chi connectivity index (χ1n) is 5.67. The molecule has 19 heavy (non-hydrogen) atoms. The Morgan fingerprint density at radius 2 is 2.11 bits per heavy atom. The molecule has 0 aliphatic carbocycles. The van der Waals surface area contributed by atoms with Crippen LogP contribution in [0.4, 0.5) is 0 Å². The Hall–Kier alpha value is -0.560. The number of nitrogens with zero attached hydrogens (tertiary/aromatic N) is 1. The van der Waals surface area contributed by atoms with Crippen LogP contribution >= 0.6 is 42.8 Å². The summed E-state index contributed by atoms with van der Waals surface area (Å²) in [5.74, 6) is 2.95. The molecule has 0 spiro atoms. The molecule has 2 aromatic heterocycles. The maximum Gasteiger partial charge on any atom is 0.114 e. The number of hydrogen-bond donors (Lipinski definition) is 0. The predicted octanol–water partition coefficient (Wildman–Crippen LogP) is 5.62. The van der Waals surface area contributed by atoms with E-state index in [0.29, 0.717) is 0 Å².